The van der Waals surface area contributed by atoms with Crippen molar-refractivity contribution in [2.45, 2.75) is 13.0 Å². The molecule has 0 spiro atoms. The van der Waals surface area contributed by atoms with Crippen LogP contribution in [0.1, 0.15) is 11.1 Å². The summed E-state index contributed by atoms with van der Waals surface area (Å²) < 4.78 is 28.2. The molecule has 1 heterocycles. The minimum Gasteiger partial charge on any atom is -0.369 e. The van der Waals surface area contributed by atoms with Gasteiger partial charge < -0.3 is 5.73 Å². The van der Waals surface area contributed by atoms with Crippen molar-refractivity contribution in [3.63, 3.8) is 0 Å². The summed E-state index contributed by atoms with van der Waals surface area (Å²) >= 11 is 0. The van der Waals surface area contributed by atoms with E-state index in [0.29, 0.717) is 6.42 Å². The number of nitrogens with zero attached hydrogens (tertiary/aromatic N) is 2. The summed E-state index contributed by atoms with van der Waals surface area (Å²) in [4.78, 5) is 12.0. The maximum Gasteiger partial charge on any atom is 0.282 e. The summed E-state index contributed by atoms with van der Waals surface area (Å²) in [5, 5.41) is 0. The molecule has 0 aliphatic carbocycles. The molecule has 3 rings (SSSR count). The highest BCUT2D eigenvalue weighted by Gasteiger charge is 2.53. The van der Waals surface area contributed by atoms with Crippen molar-refractivity contribution in [2.24, 2.45) is 11.1 Å². The van der Waals surface area contributed by atoms with Crippen molar-refractivity contribution in [3.05, 3.63) is 71.8 Å². The topological polar surface area (TPSA) is 83.7 Å². The van der Waals surface area contributed by atoms with Crippen molar-refractivity contribution in [3.8, 4) is 0 Å². The Morgan fingerprint density at radius 1 is 1.04 bits per heavy atom. The van der Waals surface area contributed by atoms with Crippen LogP contribution in [0.4, 0.5) is 0 Å². The highest BCUT2D eigenvalue weighted by molar-refractivity contribution is 7.86. The van der Waals surface area contributed by atoms with E-state index in [9.17, 15) is 13.2 Å². The van der Waals surface area contributed by atoms with Gasteiger partial charge in [0.05, 0.1) is 5.41 Å². The first-order chi connectivity index (χ1) is 12.3. The molecule has 6 nitrogen and oxygen atoms in total. The Morgan fingerprint density at radius 2 is 1.54 bits per heavy atom. The third-order valence-corrected chi connectivity index (χ3v) is 6.66. The van der Waals surface area contributed by atoms with E-state index in [0.717, 1.165) is 11.1 Å². The van der Waals surface area contributed by atoms with Gasteiger partial charge in [-0.15, -0.1) is 0 Å². The van der Waals surface area contributed by atoms with Crippen LogP contribution < -0.4 is 5.73 Å². The molecule has 2 N–H and O–H groups in total. The van der Waals surface area contributed by atoms with Crippen molar-refractivity contribution >= 4 is 16.1 Å². The summed E-state index contributed by atoms with van der Waals surface area (Å²) in [6.45, 7) is 0.499. The number of carbonyl (C=O) groups excluding carboxylic acids is 1. The smallest absolute Gasteiger partial charge is 0.282 e. The Hall–Kier alpha value is -2.22. The molecule has 1 aliphatic heterocycles. The molecular weight excluding hydrogens is 350 g/mol. The van der Waals surface area contributed by atoms with Gasteiger partial charge in [0.2, 0.25) is 5.91 Å². The fourth-order valence-electron chi connectivity index (χ4n) is 3.25. The predicted molar refractivity (Wildman–Crippen MR) is 100 cm³/mol. The molecule has 0 radical (unpaired) electrons. The highest BCUT2D eigenvalue weighted by Crippen LogP contribution is 2.36. The number of hydrogen-bond donors (Lipinski definition) is 1. The number of amides is 1. The predicted octanol–water partition coefficient (Wildman–Crippen LogP) is 1.39. The van der Waals surface area contributed by atoms with Gasteiger partial charge in [-0.25, -0.2) is 0 Å². The van der Waals surface area contributed by atoms with Gasteiger partial charge in [0.15, 0.2) is 0 Å². The van der Waals surface area contributed by atoms with E-state index >= 15 is 0 Å². The highest BCUT2D eigenvalue weighted by atomic mass is 32.2. The monoisotopic (exact) mass is 373 g/mol. The van der Waals surface area contributed by atoms with Crippen LogP contribution in [0.2, 0.25) is 0 Å². The van der Waals surface area contributed by atoms with Gasteiger partial charge in [-0.3, -0.25) is 4.79 Å². The summed E-state index contributed by atoms with van der Waals surface area (Å²) in [5.74, 6) is -0.460. The second-order valence-electron chi connectivity index (χ2n) is 6.82. The largest absolute Gasteiger partial charge is 0.369 e. The molecule has 0 saturated carbocycles. The van der Waals surface area contributed by atoms with E-state index in [4.69, 9.17) is 5.73 Å². The maximum atomic E-state index is 12.8. The number of carbonyl (C=O) groups is 1. The first-order valence-electron chi connectivity index (χ1n) is 8.43. The zero-order chi connectivity index (χ0) is 18.8. The van der Waals surface area contributed by atoms with Gasteiger partial charge in [-0.05, 0) is 17.5 Å². The summed E-state index contributed by atoms with van der Waals surface area (Å²) in [6.07, 6.45) is 0.442. The van der Waals surface area contributed by atoms with E-state index in [1.807, 2.05) is 60.7 Å². The van der Waals surface area contributed by atoms with Crippen LogP contribution in [0.5, 0.6) is 0 Å². The molecule has 1 saturated heterocycles. The first kappa shape index (κ1) is 18.6. The Kier molecular flexibility index (Phi) is 5.13. The Balaban J connectivity index is 1.70. The molecule has 26 heavy (non-hydrogen) atoms. The molecule has 0 aromatic heterocycles. The number of rotatable bonds is 7. The van der Waals surface area contributed by atoms with Crippen molar-refractivity contribution in [1.29, 1.82) is 0 Å². The summed E-state index contributed by atoms with van der Waals surface area (Å²) in [5.41, 5.74) is 6.65. The molecule has 0 bridgehead atoms. The molecular formula is C19H23N3O3S. The summed E-state index contributed by atoms with van der Waals surface area (Å²) in [7, 11) is -2.09. The van der Waals surface area contributed by atoms with Crippen molar-refractivity contribution in [2.75, 3.05) is 20.1 Å². The van der Waals surface area contributed by atoms with Crippen LogP contribution in [0, 0.1) is 5.41 Å². The van der Waals surface area contributed by atoms with E-state index in [2.05, 4.69) is 0 Å². The molecule has 0 atom stereocenters. The van der Waals surface area contributed by atoms with Crippen LogP contribution in [-0.2, 0) is 28.0 Å². The maximum absolute atomic E-state index is 12.8. The average molecular weight is 373 g/mol. The first-order valence-corrected chi connectivity index (χ1v) is 9.82. The number of primary amides is 1. The molecule has 2 aromatic rings. The zero-order valence-corrected chi connectivity index (χ0v) is 15.5. The van der Waals surface area contributed by atoms with E-state index in [-0.39, 0.29) is 19.6 Å². The third-order valence-electron chi connectivity index (χ3n) is 4.83. The third kappa shape index (κ3) is 3.65. The number of hydrogen-bond acceptors (Lipinski definition) is 3. The normalized spacial score (nSPS) is 17.0. The number of nitrogens with two attached hydrogens (primary N) is 1. The Morgan fingerprint density at radius 3 is 2.04 bits per heavy atom. The lowest BCUT2D eigenvalue weighted by Gasteiger charge is -2.48. The average Bonchev–Trinajstić information content (AvgIpc) is 2.59. The van der Waals surface area contributed by atoms with Crippen LogP contribution >= 0.6 is 0 Å². The van der Waals surface area contributed by atoms with Crippen molar-refractivity contribution in [1.82, 2.24) is 8.61 Å². The second-order valence-corrected chi connectivity index (χ2v) is 8.86. The van der Waals surface area contributed by atoms with Crippen LogP contribution in [-0.4, -0.2) is 43.1 Å². The van der Waals surface area contributed by atoms with Crippen LogP contribution in [0.3, 0.4) is 0 Å². The lowest BCUT2D eigenvalue weighted by Crippen LogP contribution is -2.66. The lowest BCUT2D eigenvalue weighted by atomic mass is 9.75. The zero-order valence-electron chi connectivity index (χ0n) is 14.7. The number of benzene rings is 2. The minimum absolute atomic E-state index is 0.110. The van der Waals surface area contributed by atoms with Crippen LogP contribution in [0.15, 0.2) is 60.7 Å². The van der Waals surface area contributed by atoms with Gasteiger partial charge in [0.25, 0.3) is 10.2 Å². The fourth-order valence-corrected chi connectivity index (χ4v) is 4.78. The van der Waals surface area contributed by atoms with Gasteiger partial charge >= 0.3 is 0 Å². The lowest BCUT2D eigenvalue weighted by molar-refractivity contribution is -0.134. The molecule has 7 heteroatoms. The van der Waals surface area contributed by atoms with Gasteiger partial charge in [-0.2, -0.15) is 17.0 Å². The summed E-state index contributed by atoms with van der Waals surface area (Å²) in [6, 6.07) is 18.9. The molecule has 1 aliphatic rings. The molecule has 1 fully saturated rings. The molecule has 2 aromatic carbocycles. The van der Waals surface area contributed by atoms with Gasteiger partial charge in [-0.1, -0.05) is 60.7 Å². The molecule has 1 amide bonds. The van der Waals surface area contributed by atoms with E-state index in [1.54, 1.807) is 7.05 Å². The molecule has 0 unspecified atom stereocenters. The Labute approximate surface area is 154 Å². The SMILES string of the molecule is CN(Cc1ccccc1)S(=O)(=O)N1CC(Cc2ccccc2)(C(N)=O)C1. The van der Waals surface area contributed by atoms with Crippen molar-refractivity contribution < 1.29 is 13.2 Å². The molecule has 138 valence electrons. The van der Waals surface area contributed by atoms with E-state index < -0.39 is 21.5 Å². The minimum atomic E-state index is -3.64. The van der Waals surface area contributed by atoms with E-state index in [1.165, 1.54) is 8.61 Å². The van der Waals surface area contributed by atoms with Crippen LogP contribution in [0.25, 0.3) is 0 Å². The van der Waals surface area contributed by atoms with Gasteiger partial charge in [0, 0.05) is 26.7 Å². The fraction of sp³-hybridized carbons (Fsp3) is 0.316. The second kappa shape index (κ2) is 7.19. The quantitative estimate of drug-likeness (QED) is 0.796. The standard InChI is InChI=1S/C19H23N3O3S/c1-21(13-17-10-6-3-7-11-17)26(24,25)22-14-19(15-22,18(20)23)12-16-8-4-2-5-9-16/h2-11H,12-15H2,1H3,(H2,20,23). The van der Waals surface area contributed by atoms with Gasteiger partial charge in [0.1, 0.15) is 0 Å². The Bertz CT molecular complexity index is 863.